The summed E-state index contributed by atoms with van der Waals surface area (Å²) in [6, 6.07) is 4.51. The molecule has 0 aromatic heterocycles. The quantitative estimate of drug-likeness (QED) is 0.784. The Morgan fingerprint density at radius 1 is 1.27 bits per heavy atom. The zero-order chi connectivity index (χ0) is 19.3. The van der Waals surface area contributed by atoms with E-state index in [1.807, 2.05) is 0 Å². The van der Waals surface area contributed by atoms with Crippen molar-refractivity contribution in [1.29, 1.82) is 0 Å². The van der Waals surface area contributed by atoms with Crippen LogP contribution in [0.2, 0.25) is 0 Å². The van der Waals surface area contributed by atoms with Crippen molar-refractivity contribution >= 4 is 11.8 Å². The average Bonchev–Trinajstić information content (AvgIpc) is 2.95. The van der Waals surface area contributed by atoms with Gasteiger partial charge in [-0.2, -0.15) is 13.2 Å². The number of aliphatic hydroxyl groups is 1. The molecular formula is C17H21F3N2O4. The van der Waals surface area contributed by atoms with Crippen LogP contribution in [0.5, 0.6) is 0 Å². The summed E-state index contributed by atoms with van der Waals surface area (Å²) in [5.74, 6) is -0.869. The second-order valence-electron chi connectivity index (χ2n) is 6.19. The molecule has 2 amide bonds. The number of ether oxygens (including phenoxy) is 1. The van der Waals surface area contributed by atoms with E-state index < -0.39 is 17.8 Å². The summed E-state index contributed by atoms with van der Waals surface area (Å²) in [7, 11) is 1.50. The molecule has 0 saturated carbocycles. The topological polar surface area (TPSA) is 78.9 Å². The molecule has 1 saturated heterocycles. The van der Waals surface area contributed by atoms with Crippen LogP contribution in [0.1, 0.15) is 17.5 Å². The Morgan fingerprint density at radius 3 is 2.50 bits per heavy atom. The number of aliphatic hydroxyl groups excluding tert-OH is 1. The maximum absolute atomic E-state index is 12.5. The van der Waals surface area contributed by atoms with Crippen LogP contribution in [0.15, 0.2) is 24.3 Å². The fourth-order valence-electron chi connectivity index (χ4n) is 2.74. The third kappa shape index (κ3) is 5.43. The lowest BCUT2D eigenvalue weighted by molar-refractivity contribution is -0.137. The lowest BCUT2D eigenvalue weighted by Crippen LogP contribution is -2.33. The van der Waals surface area contributed by atoms with Gasteiger partial charge in [0.05, 0.1) is 18.3 Å². The number of carbonyl (C=O) groups is 2. The van der Waals surface area contributed by atoms with Crippen LogP contribution in [0.25, 0.3) is 0 Å². The molecule has 0 spiro atoms. The molecule has 1 aromatic rings. The molecular weight excluding hydrogens is 353 g/mol. The van der Waals surface area contributed by atoms with Gasteiger partial charge in [0, 0.05) is 32.5 Å². The van der Waals surface area contributed by atoms with E-state index in [1.54, 1.807) is 0 Å². The summed E-state index contributed by atoms with van der Waals surface area (Å²) in [6.45, 7) is 0.142. The normalized spacial score (nSPS) is 20.3. The van der Waals surface area contributed by atoms with Gasteiger partial charge in [0.2, 0.25) is 11.8 Å². The predicted octanol–water partition coefficient (Wildman–Crippen LogP) is 1.18. The van der Waals surface area contributed by atoms with E-state index in [0.29, 0.717) is 5.56 Å². The van der Waals surface area contributed by atoms with Gasteiger partial charge in [0.1, 0.15) is 6.61 Å². The van der Waals surface area contributed by atoms with Gasteiger partial charge in [-0.05, 0) is 17.7 Å². The number of likely N-dealkylation sites (tertiary alicyclic amines) is 1. The monoisotopic (exact) mass is 374 g/mol. The number of alkyl halides is 3. The van der Waals surface area contributed by atoms with Gasteiger partial charge in [0.15, 0.2) is 0 Å². The summed E-state index contributed by atoms with van der Waals surface area (Å²) >= 11 is 0. The second-order valence-corrected chi connectivity index (χ2v) is 6.19. The highest BCUT2D eigenvalue weighted by molar-refractivity contribution is 5.79. The summed E-state index contributed by atoms with van der Waals surface area (Å²) < 4.78 is 42.7. The number of halogens is 3. The van der Waals surface area contributed by atoms with Gasteiger partial charge in [-0.15, -0.1) is 0 Å². The first-order chi connectivity index (χ1) is 12.2. The molecule has 6 nitrogen and oxygen atoms in total. The molecule has 144 valence electrons. The van der Waals surface area contributed by atoms with Gasteiger partial charge in [-0.3, -0.25) is 9.59 Å². The Labute approximate surface area is 148 Å². The van der Waals surface area contributed by atoms with Gasteiger partial charge in [-0.1, -0.05) is 12.1 Å². The molecule has 9 heteroatoms. The van der Waals surface area contributed by atoms with E-state index in [9.17, 15) is 27.9 Å². The first kappa shape index (κ1) is 20.2. The predicted molar refractivity (Wildman–Crippen MR) is 85.9 cm³/mol. The summed E-state index contributed by atoms with van der Waals surface area (Å²) in [5, 5.41) is 12.4. The molecule has 2 N–H and O–H groups in total. The number of carbonyl (C=O) groups excluding carboxylic acids is 2. The van der Waals surface area contributed by atoms with E-state index in [1.165, 1.54) is 24.1 Å². The molecule has 0 unspecified atom stereocenters. The van der Waals surface area contributed by atoms with Crippen molar-refractivity contribution in [3.05, 3.63) is 35.4 Å². The SMILES string of the molecule is CNC(=O)C[C@@H]1CN(C(=O)COCc2ccc(C(F)(F)F)cc2)C[C@H]1O. The molecule has 0 aliphatic carbocycles. The lowest BCUT2D eigenvalue weighted by atomic mass is 10.0. The fraction of sp³-hybridized carbons (Fsp3) is 0.529. The van der Waals surface area contributed by atoms with Crippen LogP contribution < -0.4 is 5.32 Å². The minimum absolute atomic E-state index is 0.00192. The number of hydrogen-bond donors (Lipinski definition) is 2. The van der Waals surface area contributed by atoms with Gasteiger partial charge >= 0.3 is 6.18 Å². The molecule has 26 heavy (non-hydrogen) atoms. The first-order valence-electron chi connectivity index (χ1n) is 8.11. The third-order valence-corrected chi connectivity index (χ3v) is 4.26. The van der Waals surface area contributed by atoms with Crippen molar-refractivity contribution in [2.24, 2.45) is 5.92 Å². The van der Waals surface area contributed by atoms with Crippen molar-refractivity contribution in [2.45, 2.75) is 25.3 Å². The van der Waals surface area contributed by atoms with E-state index >= 15 is 0 Å². The van der Waals surface area contributed by atoms with Crippen LogP contribution in [-0.2, 0) is 27.1 Å². The maximum Gasteiger partial charge on any atom is 0.416 e. The maximum atomic E-state index is 12.5. The van der Waals surface area contributed by atoms with Crippen LogP contribution in [0.3, 0.4) is 0 Å². The lowest BCUT2D eigenvalue weighted by Gasteiger charge is -2.16. The largest absolute Gasteiger partial charge is 0.416 e. The first-order valence-corrected chi connectivity index (χ1v) is 8.11. The van der Waals surface area contributed by atoms with Crippen LogP contribution in [-0.4, -0.2) is 54.7 Å². The minimum Gasteiger partial charge on any atom is -0.391 e. The number of amides is 2. The average molecular weight is 374 g/mol. The highest BCUT2D eigenvalue weighted by Gasteiger charge is 2.35. The Balaban J connectivity index is 1.78. The van der Waals surface area contributed by atoms with Crippen molar-refractivity contribution in [3.63, 3.8) is 0 Å². The molecule has 1 fully saturated rings. The third-order valence-electron chi connectivity index (χ3n) is 4.26. The molecule has 1 heterocycles. The zero-order valence-electron chi connectivity index (χ0n) is 14.3. The second kappa shape index (κ2) is 8.50. The van der Waals surface area contributed by atoms with Crippen molar-refractivity contribution in [1.82, 2.24) is 10.2 Å². The van der Waals surface area contributed by atoms with Crippen molar-refractivity contribution in [3.8, 4) is 0 Å². The summed E-state index contributed by atoms with van der Waals surface area (Å²) in [5.41, 5.74) is -0.227. The van der Waals surface area contributed by atoms with Gasteiger partial charge in [-0.25, -0.2) is 0 Å². The van der Waals surface area contributed by atoms with Crippen molar-refractivity contribution in [2.75, 3.05) is 26.7 Å². The molecule has 2 rings (SSSR count). The van der Waals surface area contributed by atoms with Crippen LogP contribution >= 0.6 is 0 Å². The number of nitrogens with zero attached hydrogens (tertiary/aromatic N) is 1. The Morgan fingerprint density at radius 2 is 1.92 bits per heavy atom. The number of β-amino-alcohol motifs (C(OH)–C–C–N with tert-alkyl or cyclic N) is 1. The minimum atomic E-state index is -4.39. The van der Waals surface area contributed by atoms with Crippen LogP contribution in [0.4, 0.5) is 13.2 Å². The zero-order valence-corrected chi connectivity index (χ0v) is 14.3. The summed E-state index contributed by atoms with van der Waals surface area (Å²) in [4.78, 5) is 24.9. The standard InChI is InChI=1S/C17H21F3N2O4/c1-21-15(24)6-12-7-22(8-14(12)23)16(25)10-26-9-11-2-4-13(5-3-11)17(18,19)20/h2-5,12,14,23H,6-10H2,1H3,(H,21,24)/t12-,14-/m1/s1. The number of nitrogens with one attached hydrogen (secondary N) is 1. The highest BCUT2D eigenvalue weighted by Crippen LogP contribution is 2.29. The molecule has 1 aliphatic heterocycles. The van der Waals surface area contributed by atoms with E-state index in [2.05, 4.69) is 5.32 Å². The van der Waals surface area contributed by atoms with E-state index in [-0.39, 0.29) is 50.5 Å². The number of benzene rings is 1. The van der Waals surface area contributed by atoms with Gasteiger partial charge < -0.3 is 20.1 Å². The Kier molecular flexibility index (Phi) is 6.60. The van der Waals surface area contributed by atoms with E-state index in [0.717, 1.165) is 12.1 Å². The summed E-state index contributed by atoms with van der Waals surface area (Å²) in [6.07, 6.45) is -5.03. The number of hydrogen-bond acceptors (Lipinski definition) is 4. The molecule has 0 bridgehead atoms. The number of rotatable bonds is 6. The molecule has 1 aliphatic rings. The Bertz CT molecular complexity index is 634. The fourth-order valence-corrected chi connectivity index (χ4v) is 2.74. The van der Waals surface area contributed by atoms with E-state index in [4.69, 9.17) is 4.74 Å². The molecule has 2 atom stereocenters. The smallest absolute Gasteiger partial charge is 0.391 e. The van der Waals surface area contributed by atoms with Crippen molar-refractivity contribution < 1.29 is 32.6 Å². The Hall–Kier alpha value is -2.13. The molecule has 1 aromatic carbocycles. The van der Waals surface area contributed by atoms with Crippen LogP contribution in [0, 0.1) is 5.92 Å². The highest BCUT2D eigenvalue weighted by atomic mass is 19.4. The van der Waals surface area contributed by atoms with Gasteiger partial charge in [0.25, 0.3) is 0 Å². The molecule has 0 radical (unpaired) electrons.